The van der Waals surface area contributed by atoms with E-state index in [4.69, 9.17) is 0 Å². The van der Waals surface area contributed by atoms with Crippen LogP contribution in [0, 0.1) is 5.92 Å². The van der Waals surface area contributed by atoms with Crippen LogP contribution in [0.5, 0.6) is 0 Å². The van der Waals surface area contributed by atoms with Gasteiger partial charge in [0, 0.05) is 29.3 Å². The molecule has 1 aromatic rings. The van der Waals surface area contributed by atoms with E-state index in [1.165, 1.54) is 30.6 Å². The molecule has 1 aliphatic rings. The van der Waals surface area contributed by atoms with Crippen molar-refractivity contribution in [1.82, 2.24) is 5.32 Å². The van der Waals surface area contributed by atoms with Crippen molar-refractivity contribution in [2.24, 2.45) is 5.92 Å². The molecule has 0 radical (unpaired) electrons. The van der Waals surface area contributed by atoms with Gasteiger partial charge in [-0.15, -0.1) is 0 Å². The topological polar surface area (TPSA) is 15.3 Å². The van der Waals surface area contributed by atoms with E-state index >= 15 is 0 Å². The van der Waals surface area contributed by atoms with Gasteiger partial charge in [-0.05, 0) is 49.6 Å². The quantitative estimate of drug-likeness (QED) is 0.910. The minimum Gasteiger partial charge on any atom is -0.368 e. The maximum absolute atomic E-state index is 3.57. The first kappa shape index (κ1) is 13.9. The lowest BCUT2D eigenvalue weighted by atomic mass is 10.0. The Morgan fingerprint density at radius 1 is 1.44 bits per heavy atom. The van der Waals surface area contributed by atoms with Crippen molar-refractivity contribution >= 4 is 21.6 Å². The molecule has 0 saturated carbocycles. The van der Waals surface area contributed by atoms with Gasteiger partial charge in [0.25, 0.3) is 0 Å². The second kappa shape index (κ2) is 6.07. The van der Waals surface area contributed by atoms with Crippen molar-refractivity contribution in [3.8, 4) is 0 Å². The molecule has 2 nitrogen and oxygen atoms in total. The van der Waals surface area contributed by atoms with Gasteiger partial charge in [0.05, 0.1) is 0 Å². The standard InChI is InChI=1S/C15H23BrN2/c1-11(2)14-5-4-8-18(14)15-7-6-13(16)9-12(15)10-17-3/h6-7,9,11,14,17H,4-5,8,10H2,1-3H3. The van der Waals surface area contributed by atoms with Gasteiger partial charge in [0.15, 0.2) is 0 Å². The monoisotopic (exact) mass is 310 g/mol. The van der Waals surface area contributed by atoms with Crippen LogP contribution < -0.4 is 10.2 Å². The van der Waals surface area contributed by atoms with Gasteiger partial charge in [-0.1, -0.05) is 29.8 Å². The summed E-state index contributed by atoms with van der Waals surface area (Å²) in [5, 5.41) is 3.27. The molecule has 1 aliphatic heterocycles. The Labute approximate surface area is 119 Å². The Balaban J connectivity index is 2.31. The third-order valence-electron chi connectivity index (χ3n) is 3.79. The van der Waals surface area contributed by atoms with Gasteiger partial charge < -0.3 is 10.2 Å². The Morgan fingerprint density at radius 3 is 2.89 bits per heavy atom. The predicted octanol–water partition coefficient (Wildman–Crippen LogP) is 3.79. The van der Waals surface area contributed by atoms with Crippen molar-refractivity contribution < 1.29 is 0 Å². The van der Waals surface area contributed by atoms with E-state index in [9.17, 15) is 0 Å². The number of rotatable bonds is 4. The smallest absolute Gasteiger partial charge is 0.0415 e. The Hall–Kier alpha value is -0.540. The van der Waals surface area contributed by atoms with Gasteiger partial charge in [-0.3, -0.25) is 0 Å². The van der Waals surface area contributed by atoms with Crippen LogP contribution >= 0.6 is 15.9 Å². The van der Waals surface area contributed by atoms with E-state index in [2.05, 4.69) is 58.2 Å². The van der Waals surface area contributed by atoms with Crippen LogP contribution in [0.3, 0.4) is 0 Å². The summed E-state index contributed by atoms with van der Waals surface area (Å²) >= 11 is 3.57. The highest BCUT2D eigenvalue weighted by molar-refractivity contribution is 9.10. The first-order valence-electron chi connectivity index (χ1n) is 6.83. The molecule has 18 heavy (non-hydrogen) atoms. The number of anilines is 1. The summed E-state index contributed by atoms with van der Waals surface area (Å²) in [5.74, 6) is 0.721. The minimum atomic E-state index is 0.696. The molecule has 1 N–H and O–H groups in total. The summed E-state index contributed by atoms with van der Waals surface area (Å²) in [6, 6.07) is 7.35. The molecule has 100 valence electrons. The number of halogens is 1. The highest BCUT2D eigenvalue weighted by atomic mass is 79.9. The van der Waals surface area contributed by atoms with E-state index in [-0.39, 0.29) is 0 Å². The average molecular weight is 311 g/mol. The van der Waals surface area contributed by atoms with Gasteiger partial charge in [-0.2, -0.15) is 0 Å². The summed E-state index contributed by atoms with van der Waals surface area (Å²) < 4.78 is 1.16. The molecule has 0 amide bonds. The largest absolute Gasteiger partial charge is 0.368 e. The molecule has 0 aliphatic carbocycles. The highest BCUT2D eigenvalue weighted by Crippen LogP contribution is 2.33. The van der Waals surface area contributed by atoms with Crippen molar-refractivity contribution in [3.05, 3.63) is 28.2 Å². The molecule has 1 atom stereocenters. The Bertz CT molecular complexity index is 403. The van der Waals surface area contributed by atoms with E-state index in [0.717, 1.165) is 16.9 Å². The summed E-state index contributed by atoms with van der Waals surface area (Å²) in [4.78, 5) is 2.60. The lowest BCUT2D eigenvalue weighted by Gasteiger charge is -2.31. The zero-order valence-electron chi connectivity index (χ0n) is 11.5. The molecule has 0 aromatic heterocycles. The maximum atomic E-state index is 3.57. The molecule has 1 unspecified atom stereocenters. The molecule has 0 bridgehead atoms. The van der Waals surface area contributed by atoms with E-state index in [1.54, 1.807) is 0 Å². The van der Waals surface area contributed by atoms with E-state index < -0.39 is 0 Å². The first-order chi connectivity index (χ1) is 8.63. The van der Waals surface area contributed by atoms with Gasteiger partial charge in [0.1, 0.15) is 0 Å². The fraction of sp³-hybridized carbons (Fsp3) is 0.600. The normalized spacial score (nSPS) is 19.8. The summed E-state index contributed by atoms with van der Waals surface area (Å²) in [7, 11) is 2.01. The average Bonchev–Trinajstić information content (AvgIpc) is 2.78. The predicted molar refractivity (Wildman–Crippen MR) is 82.1 cm³/mol. The van der Waals surface area contributed by atoms with Crippen LogP contribution in [-0.4, -0.2) is 19.6 Å². The molecular formula is C15H23BrN2. The first-order valence-corrected chi connectivity index (χ1v) is 7.62. The number of hydrogen-bond donors (Lipinski definition) is 1. The van der Waals surface area contributed by atoms with Crippen molar-refractivity contribution in [1.29, 1.82) is 0 Å². The zero-order chi connectivity index (χ0) is 13.1. The highest BCUT2D eigenvalue weighted by Gasteiger charge is 2.28. The van der Waals surface area contributed by atoms with Gasteiger partial charge >= 0.3 is 0 Å². The van der Waals surface area contributed by atoms with Crippen LogP contribution in [0.2, 0.25) is 0 Å². The molecule has 1 heterocycles. The third-order valence-corrected chi connectivity index (χ3v) is 4.28. The summed E-state index contributed by atoms with van der Waals surface area (Å²) in [5.41, 5.74) is 2.79. The molecule has 3 heteroatoms. The molecular weight excluding hydrogens is 288 g/mol. The lowest BCUT2D eigenvalue weighted by Crippen LogP contribution is -2.34. The number of nitrogens with one attached hydrogen (secondary N) is 1. The fourth-order valence-corrected chi connectivity index (χ4v) is 3.36. The maximum Gasteiger partial charge on any atom is 0.0415 e. The van der Waals surface area contributed by atoms with Gasteiger partial charge in [0.2, 0.25) is 0 Å². The summed E-state index contributed by atoms with van der Waals surface area (Å²) in [6.45, 7) is 6.79. The number of nitrogens with zero attached hydrogens (tertiary/aromatic N) is 1. The van der Waals surface area contributed by atoms with Crippen LogP contribution in [-0.2, 0) is 6.54 Å². The second-order valence-corrected chi connectivity index (χ2v) is 6.37. The zero-order valence-corrected chi connectivity index (χ0v) is 13.1. The van der Waals surface area contributed by atoms with Crippen molar-refractivity contribution in [2.45, 2.75) is 39.3 Å². The Kier molecular flexibility index (Phi) is 4.68. The van der Waals surface area contributed by atoms with E-state index in [0.29, 0.717) is 6.04 Å². The molecule has 1 aromatic carbocycles. The molecule has 1 saturated heterocycles. The van der Waals surface area contributed by atoms with Crippen LogP contribution in [0.15, 0.2) is 22.7 Å². The summed E-state index contributed by atoms with van der Waals surface area (Å²) in [6.07, 6.45) is 2.64. The molecule has 0 spiro atoms. The van der Waals surface area contributed by atoms with Crippen molar-refractivity contribution in [3.63, 3.8) is 0 Å². The lowest BCUT2D eigenvalue weighted by molar-refractivity contribution is 0.491. The third kappa shape index (κ3) is 2.89. The molecule has 1 fully saturated rings. The number of benzene rings is 1. The van der Waals surface area contributed by atoms with Crippen LogP contribution in [0.25, 0.3) is 0 Å². The number of hydrogen-bond acceptors (Lipinski definition) is 2. The fourth-order valence-electron chi connectivity index (χ4n) is 2.95. The van der Waals surface area contributed by atoms with Crippen LogP contribution in [0.4, 0.5) is 5.69 Å². The van der Waals surface area contributed by atoms with Gasteiger partial charge in [-0.25, -0.2) is 0 Å². The minimum absolute atomic E-state index is 0.696. The van der Waals surface area contributed by atoms with Crippen LogP contribution in [0.1, 0.15) is 32.3 Å². The Morgan fingerprint density at radius 2 is 2.22 bits per heavy atom. The molecule has 2 rings (SSSR count). The SMILES string of the molecule is CNCc1cc(Br)ccc1N1CCCC1C(C)C. The van der Waals surface area contributed by atoms with E-state index in [1.807, 2.05) is 7.05 Å². The second-order valence-electron chi connectivity index (χ2n) is 5.45. The van der Waals surface area contributed by atoms with Crippen molar-refractivity contribution in [2.75, 3.05) is 18.5 Å².